The molecule has 24 heavy (non-hydrogen) atoms. The fourth-order valence-corrected chi connectivity index (χ4v) is 3.46. The lowest BCUT2D eigenvalue weighted by atomic mass is 9.88. The van der Waals surface area contributed by atoms with Crippen LogP contribution in [-0.2, 0) is 16.0 Å². The first-order valence-corrected chi connectivity index (χ1v) is 9.02. The number of rotatable bonds is 6. The average molecular weight is 322 g/mol. The van der Waals surface area contributed by atoms with Crippen LogP contribution in [0.1, 0.15) is 62.8 Å². The molecule has 0 spiro atoms. The van der Waals surface area contributed by atoms with Gasteiger partial charge < -0.3 is 4.74 Å². The first-order chi connectivity index (χ1) is 11.6. The monoisotopic (exact) mass is 322 g/mol. The van der Waals surface area contributed by atoms with Crippen LogP contribution in [0.5, 0.6) is 0 Å². The van der Waals surface area contributed by atoms with E-state index in [0.717, 1.165) is 24.8 Å². The number of hydrogen-bond acceptors (Lipinski definition) is 2. The molecule has 1 atom stereocenters. The summed E-state index contributed by atoms with van der Waals surface area (Å²) < 4.78 is 5.77. The molecule has 0 saturated heterocycles. The molecule has 0 amide bonds. The molecule has 0 fully saturated rings. The molecule has 3 rings (SSSR count). The second-order valence-corrected chi connectivity index (χ2v) is 6.99. The van der Waals surface area contributed by atoms with Gasteiger partial charge in [-0.15, -0.1) is 0 Å². The van der Waals surface area contributed by atoms with Gasteiger partial charge in [-0.1, -0.05) is 63.6 Å². The van der Waals surface area contributed by atoms with Crippen molar-refractivity contribution < 1.29 is 9.53 Å². The highest BCUT2D eigenvalue weighted by atomic mass is 16.5. The highest BCUT2D eigenvalue weighted by molar-refractivity contribution is 5.96. The lowest BCUT2D eigenvalue weighted by Gasteiger charge is -2.23. The topological polar surface area (TPSA) is 26.3 Å². The van der Waals surface area contributed by atoms with Crippen molar-refractivity contribution in [2.75, 3.05) is 0 Å². The molecule has 2 aromatic carbocycles. The molecule has 0 N–H and O–H groups in total. The maximum atomic E-state index is 12.2. The summed E-state index contributed by atoms with van der Waals surface area (Å²) in [5.41, 5.74) is 3.73. The number of carbonyl (C=O) groups excluding carboxylic acids is 1. The van der Waals surface area contributed by atoms with Gasteiger partial charge in [0.25, 0.3) is 0 Å². The zero-order chi connectivity index (χ0) is 17.1. The number of esters is 1. The molecular formula is C22H26O2. The third-order valence-electron chi connectivity index (χ3n) is 4.75. The zero-order valence-electron chi connectivity index (χ0n) is 14.8. The van der Waals surface area contributed by atoms with Gasteiger partial charge in [-0.25, -0.2) is 0 Å². The Morgan fingerprint density at radius 3 is 2.79 bits per heavy atom. The van der Waals surface area contributed by atoms with E-state index < -0.39 is 0 Å². The summed E-state index contributed by atoms with van der Waals surface area (Å²) in [6, 6.07) is 10.6. The van der Waals surface area contributed by atoms with Crippen molar-refractivity contribution in [3.05, 3.63) is 53.1 Å². The molecule has 1 aliphatic rings. The van der Waals surface area contributed by atoms with Crippen LogP contribution in [0.2, 0.25) is 0 Å². The summed E-state index contributed by atoms with van der Waals surface area (Å²) in [6.07, 6.45) is 7.35. The molecule has 126 valence electrons. The molecule has 0 radical (unpaired) electrons. The molecule has 0 bridgehead atoms. The van der Waals surface area contributed by atoms with Gasteiger partial charge >= 0.3 is 5.97 Å². The second-order valence-electron chi connectivity index (χ2n) is 6.99. The molecule has 2 aromatic rings. The average Bonchev–Trinajstić information content (AvgIpc) is 2.57. The summed E-state index contributed by atoms with van der Waals surface area (Å²) in [4.78, 5) is 12.2. The highest BCUT2D eigenvalue weighted by Crippen LogP contribution is 2.37. The third-order valence-corrected chi connectivity index (χ3v) is 4.75. The summed E-state index contributed by atoms with van der Waals surface area (Å²) in [5, 5.41) is 2.45. The number of carbonyl (C=O) groups is 1. The van der Waals surface area contributed by atoms with Crippen LogP contribution in [0, 0.1) is 5.92 Å². The summed E-state index contributed by atoms with van der Waals surface area (Å²) in [7, 11) is 0. The summed E-state index contributed by atoms with van der Waals surface area (Å²) >= 11 is 0. The van der Waals surface area contributed by atoms with Gasteiger partial charge in [-0.2, -0.15) is 0 Å². The van der Waals surface area contributed by atoms with E-state index in [4.69, 9.17) is 4.74 Å². The van der Waals surface area contributed by atoms with Crippen molar-refractivity contribution in [2.45, 2.75) is 52.6 Å². The predicted molar refractivity (Wildman–Crippen MR) is 99.9 cm³/mol. The number of ether oxygens (including phenoxy) is 1. The Labute approximate surface area is 144 Å². The quantitative estimate of drug-likeness (QED) is 0.624. The molecule has 0 aromatic heterocycles. The van der Waals surface area contributed by atoms with Gasteiger partial charge in [-0.05, 0) is 46.7 Å². The van der Waals surface area contributed by atoms with Gasteiger partial charge in [0.05, 0.1) is 0 Å². The van der Waals surface area contributed by atoms with E-state index in [2.05, 4.69) is 51.1 Å². The van der Waals surface area contributed by atoms with E-state index in [1.807, 2.05) is 12.1 Å². The maximum absolute atomic E-state index is 12.2. The minimum atomic E-state index is -0.264. The molecule has 2 heteroatoms. The fraction of sp³-hybridized carbons (Fsp3) is 0.409. The first-order valence-electron chi connectivity index (χ1n) is 9.02. The summed E-state index contributed by atoms with van der Waals surface area (Å²) in [5.74, 6) is 0.526. The first kappa shape index (κ1) is 16.8. The largest absolute Gasteiger partial charge is 0.453 e. The third kappa shape index (κ3) is 3.38. The summed E-state index contributed by atoms with van der Waals surface area (Å²) in [6.45, 7) is 6.53. The highest BCUT2D eigenvalue weighted by Gasteiger charge is 2.22. The molecule has 0 saturated carbocycles. The molecule has 2 nitrogen and oxygen atoms in total. The van der Waals surface area contributed by atoms with Gasteiger partial charge in [-0.3, -0.25) is 4.79 Å². The van der Waals surface area contributed by atoms with Crippen molar-refractivity contribution in [3.63, 3.8) is 0 Å². The van der Waals surface area contributed by atoms with Crippen molar-refractivity contribution in [3.8, 4) is 0 Å². The predicted octanol–water partition coefficient (Wildman–Crippen LogP) is 5.84. The molecule has 1 aliphatic carbocycles. The minimum Gasteiger partial charge on any atom is -0.453 e. The van der Waals surface area contributed by atoms with Gasteiger partial charge in [0.2, 0.25) is 0 Å². The van der Waals surface area contributed by atoms with E-state index >= 15 is 0 Å². The standard InChI is InChI=1S/C22H26O2/c1-4-16-11-12-17-8-6-9-19-20(14-13-18(16)22(17)19)24-21(23)10-5-7-15(2)3/h6,8-9,11-15,20H,4-5,7,10H2,1-3H3. The number of aryl methyl sites for hydroxylation is 1. The minimum absolute atomic E-state index is 0.0996. The molecular weight excluding hydrogens is 296 g/mol. The lowest BCUT2D eigenvalue weighted by Crippen LogP contribution is -2.12. The van der Waals surface area contributed by atoms with E-state index in [1.54, 1.807) is 0 Å². The number of benzene rings is 2. The van der Waals surface area contributed by atoms with Crippen molar-refractivity contribution >= 4 is 22.8 Å². The van der Waals surface area contributed by atoms with Crippen LogP contribution in [-0.4, -0.2) is 5.97 Å². The van der Waals surface area contributed by atoms with E-state index in [1.165, 1.54) is 21.9 Å². The zero-order valence-corrected chi connectivity index (χ0v) is 14.8. The van der Waals surface area contributed by atoms with Gasteiger partial charge in [0, 0.05) is 12.0 Å². The Morgan fingerprint density at radius 1 is 1.21 bits per heavy atom. The number of hydrogen-bond donors (Lipinski definition) is 0. The van der Waals surface area contributed by atoms with E-state index in [9.17, 15) is 4.79 Å². The fourth-order valence-electron chi connectivity index (χ4n) is 3.46. The Kier molecular flexibility index (Phi) is 5.03. The van der Waals surface area contributed by atoms with Crippen LogP contribution in [0.15, 0.2) is 36.4 Å². The van der Waals surface area contributed by atoms with Crippen LogP contribution in [0.3, 0.4) is 0 Å². The van der Waals surface area contributed by atoms with Gasteiger partial charge in [0.15, 0.2) is 0 Å². The molecule has 1 unspecified atom stereocenters. The Morgan fingerprint density at radius 2 is 2.04 bits per heavy atom. The van der Waals surface area contributed by atoms with E-state index in [0.29, 0.717) is 12.3 Å². The van der Waals surface area contributed by atoms with Crippen molar-refractivity contribution in [1.29, 1.82) is 0 Å². The lowest BCUT2D eigenvalue weighted by molar-refractivity contribution is -0.147. The molecule has 0 heterocycles. The SMILES string of the molecule is CCc1ccc2cccc3c2c1C=CC3OC(=O)CCCC(C)C. The van der Waals surface area contributed by atoms with Crippen molar-refractivity contribution in [1.82, 2.24) is 0 Å². The van der Waals surface area contributed by atoms with Crippen LogP contribution < -0.4 is 0 Å². The Hall–Kier alpha value is -2.09. The Bertz CT molecular complexity index is 771. The van der Waals surface area contributed by atoms with Crippen molar-refractivity contribution in [2.24, 2.45) is 5.92 Å². The Balaban J connectivity index is 1.83. The van der Waals surface area contributed by atoms with Crippen LogP contribution in [0.4, 0.5) is 0 Å². The maximum Gasteiger partial charge on any atom is 0.306 e. The molecule has 0 aliphatic heterocycles. The smallest absolute Gasteiger partial charge is 0.306 e. The van der Waals surface area contributed by atoms with Crippen LogP contribution in [0.25, 0.3) is 16.8 Å². The second kappa shape index (κ2) is 7.21. The van der Waals surface area contributed by atoms with Gasteiger partial charge in [0.1, 0.15) is 6.10 Å². The van der Waals surface area contributed by atoms with E-state index in [-0.39, 0.29) is 12.1 Å². The normalized spacial score (nSPS) is 15.9. The van der Waals surface area contributed by atoms with Crippen LogP contribution >= 0.6 is 0 Å².